The first kappa shape index (κ1) is 16.8. The Morgan fingerprint density at radius 2 is 1.96 bits per heavy atom. The number of ether oxygens (including phenoxy) is 1. The molecule has 2 amide bonds. The van der Waals surface area contributed by atoms with Crippen molar-refractivity contribution < 1.29 is 14.3 Å². The fourth-order valence-corrected chi connectivity index (χ4v) is 3.93. The SMILES string of the molecule is COc1ccc(C2(CNC(=O)[C@@H]3CCC(=O)N3)CCCCC2)cc1. The summed E-state index contributed by atoms with van der Waals surface area (Å²) in [5.41, 5.74) is 1.25. The minimum Gasteiger partial charge on any atom is -0.497 e. The number of benzene rings is 1. The molecule has 1 atom stereocenters. The third-order valence-electron chi connectivity index (χ3n) is 5.43. The molecule has 1 saturated heterocycles. The normalized spacial score (nSPS) is 22.7. The third-order valence-corrected chi connectivity index (χ3v) is 5.43. The second-order valence-electron chi connectivity index (χ2n) is 6.95. The quantitative estimate of drug-likeness (QED) is 0.870. The van der Waals surface area contributed by atoms with E-state index in [1.54, 1.807) is 7.11 Å². The molecule has 0 aromatic heterocycles. The summed E-state index contributed by atoms with van der Waals surface area (Å²) in [5.74, 6) is 0.763. The van der Waals surface area contributed by atoms with Gasteiger partial charge in [-0.05, 0) is 37.0 Å². The van der Waals surface area contributed by atoms with Crippen molar-refractivity contribution >= 4 is 11.8 Å². The lowest BCUT2D eigenvalue weighted by Gasteiger charge is -2.38. The number of carbonyl (C=O) groups excluding carboxylic acids is 2. The fourth-order valence-electron chi connectivity index (χ4n) is 3.93. The smallest absolute Gasteiger partial charge is 0.242 e. The number of hydrogen-bond donors (Lipinski definition) is 2. The highest BCUT2D eigenvalue weighted by molar-refractivity contribution is 5.90. The molecule has 5 heteroatoms. The maximum atomic E-state index is 12.4. The van der Waals surface area contributed by atoms with Gasteiger partial charge in [0.25, 0.3) is 0 Å². The molecule has 1 aromatic carbocycles. The number of hydrogen-bond acceptors (Lipinski definition) is 3. The van der Waals surface area contributed by atoms with Gasteiger partial charge in [0.1, 0.15) is 11.8 Å². The molecule has 2 fully saturated rings. The van der Waals surface area contributed by atoms with Gasteiger partial charge in [-0.15, -0.1) is 0 Å². The van der Waals surface area contributed by atoms with Gasteiger partial charge in [-0.1, -0.05) is 31.4 Å². The monoisotopic (exact) mass is 330 g/mol. The van der Waals surface area contributed by atoms with E-state index in [9.17, 15) is 9.59 Å². The maximum Gasteiger partial charge on any atom is 0.242 e. The predicted molar refractivity (Wildman–Crippen MR) is 91.9 cm³/mol. The van der Waals surface area contributed by atoms with Crippen LogP contribution < -0.4 is 15.4 Å². The Morgan fingerprint density at radius 1 is 1.25 bits per heavy atom. The van der Waals surface area contributed by atoms with Crippen LogP contribution in [-0.2, 0) is 15.0 Å². The molecular formula is C19H26N2O3. The number of methoxy groups -OCH3 is 1. The first-order chi connectivity index (χ1) is 11.6. The van der Waals surface area contributed by atoms with Gasteiger partial charge in [0.2, 0.25) is 11.8 Å². The summed E-state index contributed by atoms with van der Waals surface area (Å²) in [4.78, 5) is 23.7. The van der Waals surface area contributed by atoms with Crippen LogP contribution in [0.15, 0.2) is 24.3 Å². The first-order valence-corrected chi connectivity index (χ1v) is 8.85. The maximum absolute atomic E-state index is 12.4. The van der Waals surface area contributed by atoms with Gasteiger partial charge in [-0.2, -0.15) is 0 Å². The van der Waals surface area contributed by atoms with Crippen molar-refractivity contribution in [3.63, 3.8) is 0 Å². The molecule has 130 valence electrons. The van der Waals surface area contributed by atoms with Gasteiger partial charge in [0.15, 0.2) is 0 Å². The van der Waals surface area contributed by atoms with E-state index < -0.39 is 0 Å². The number of amides is 2. The Hall–Kier alpha value is -2.04. The molecule has 24 heavy (non-hydrogen) atoms. The molecule has 0 spiro atoms. The average Bonchev–Trinajstić information content (AvgIpc) is 3.07. The first-order valence-electron chi connectivity index (χ1n) is 8.85. The summed E-state index contributed by atoms with van der Waals surface area (Å²) < 4.78 is 5.26. The Kier molecular flexibility index (Phi) is 5.07. The van der Waals surface area contributed by atoms with Crippen molar-refractivity contribution in [2.24, 2.45) is 0 Å². The summed E-state index contributed by atoms with van der Waals surface area (Å²) in [6, 6.07) is 7.85. The molecule has 0 unspecified atom stereocenters. The van der Waals surface area contributed by atoms with Gasteiger partial charge >= 0.3 is 0 Å². The molecule has 2 N–H and O–H groups in total. The third kappa shape index (κ3) is 3.55. The Balaban J connectivity index is 1.71. The highest BCUT2D eigenvalue weighted by Crippen LogP contribution is 2.39. The lowest BCUT2D eigenvalue weighted by Crippen LogP contribution is -2.48. The zero-order chi connectivity index (χ0) is 17.0. The zero-order valence-corrected chi connectivity index (χ0v) is 14.3. The van der Waals surface area contributed by atoms with E-state index in [-0.39, 0.29) is 23.3 Å². The second-order valence-corrected chi connectivity index (χ2v) is 6.95. The van der Waals surface area contributed by atoms with E-state index in [0.717, 1.165) is 18.6 Å². The highest BCUT2D eigenvalue weighted by Gasteiger charge is 2.35. The predicted octanol–water partition coefficient (Wildman–Crippen LogP) is 2.29. The molecule has 1 aliphatic heterocycles. The van der Waals surface area contributed by atoms with Crippen LogP contribution in [-0.4, -0.2) is 31.5 Å². The Bertz CT molecular complexity index is 591. The van der Waals surface area contributed by atoms with Crippen molar-refractivity contribution in [2.75, 3.05) is 13.7 Å². The van der Waals surface area contributed by atoms with Gasteiger partial charge in [-0.25, -0.2) is 0 Å². The van der Waals surface area contributed by atoms with E-state index in [2.05, 4.69) is 22.8 Å². The van der Waals surface area contributed by atoms with E-state index in [4.69, 9.17) is 4.74 Å². The van der Waals surface area contributed by atoms with Crippen molar-refractivity contribution in [1.82, 2.24) is 10.6 Å². The average molecular weight is 330 g/mol. The van der Waals surface area contributed by atoms with Crippen LogP contribution in [0.5, 0.6) is 5.75 Å². The van der Waals surface area contributed by atoms with Gasteiger partial charge in [0.05, 0.1) is 7.11 Å². The van der Waals surface area contributed by atoms with Crippen molar-refractivity contribution in [1.29, 1.82) is 0 Å². The zero-order valence-electron chi connectivity index (χ0n) is 14.3. The molecule has 0 bridgehead atoms. The molecular weight excluding hydrogens is 304 g/mol. The molecule has 2 aliphatic rings. The van der Waals surface area contributed by atoms with Crippen LogP contribution >= 0.6 is 0 Å². The lowest BCUT2D eigenvalue weighted by molar-refractivity contribution is -0.126. The Morgan fingerprint density at radius 3 is 2.54 bits per heavy atom. The molecule has 0 radical (unpaired) electrons. The highest BCUT2D eigenvalue weighted by atomic mass is 16.5. The van der Waals surface area contributed by atoms with Gasteiger partial charge < -0.3 is 15.4 Å². The van der Waals surface area contributed by atoms with E-state index >= 15 is 0 Å². The number of carbonyl (C=O) groups is 2. The largest absolute Gasteiger partial charge is 0.497 e. The van der Waals surface area contributed by atoms with Crippen LogP contribution in [0.4, 0.5) is 0 Å². The van der Waals surface area contributed by atoms with Gasteiger partial charge in [-0.3, -0.25) is 9.59 Å². The van der Waals surface area contributed by atoms with Gasteiger partial charge in [0, 0.05) is 18.4 Å². The lowest BCUT2D eigenvalue weighted by atomic mass is 9.69. The molecule has 5 nitrogen and oxygen atoms in total. The summed E-state index contributed by atoms with van der Waals surface area (Å²) in [6.07, 6.45) is 6.82. The number of rotatable bonds is 5. The number of nitrogens with one attached hydrogen (secondary N) is 2. The summed E-state index contributed by atoms with van der Waals surface area (Å²) in [7, 11) is 1.67. The molecule has 1 heterocycles. The topological polar surface area (TPSA) is 67.4 Å². The Labute approximate surface area is 143 Å². The van der Waals surface area contributed by atoms with Crippen LogP contribution in [0.1, 0.15) is 50.5 Å². The van der Waals surface area contributed by atoms with E-state index in [0.29, 0.717) is 19.4 Å². The molecule has 3 rings (SSSR count). The van der Waals surface area contributed by atoms with Crippen LogP contribution in [0.25, 0.3) is 0 Å². The van der Waals surface area contributed by atoms with E-state index in [1.165, 1.54) is 24.8 Å². The summed E-state index contributed by atoms with van der Waals surface area (Å²) >= 11 is 0. The second kappa shape index (κ2) is 7.24. The standard InChI is InChI=1S/C19H26N2O3/c1-24-15-7-5-14(6-8-15)19(11-3-2-4-12-19)13-20-18(23)16-9-10-17(22)21-16/h5-8,16H,2-4,9-13H2,1H3,(H,20,23)(H,21,22)/t16-/m0/s1. The van der Waals surface area contributed by atoms with Crippen LogP contribution in [0.2, 0.25) is 0 Å². The summed E-state index contributed by atoms with van der Waals surface area (Å²) in [5, 5.41) is 5.84. The van der Waals surface area contributed by atoms with Crippen LogP contribution in [0.3, 0.4) is 0 Å². The van der Waals surface area contributed by atoms with Crippen molar-refractivity contribution in [3.8, 4) is 5.75 Å². The molecule has 1 saturated carbocycles. The fraction of sp³-hybridized carbons (Fsp3) is 0.579. The minimum atomic E-state index is -0.367. The summed E-state index contributed by atoms with van der Waals surface area (Å²) in [6.45, 7) is 0.629. The van der Waals surface area contributed by atoms with Crippen LogP contribution in [0, 0.1) is 0 Å². The van der Waals surface area contributed by atoms with Crippen molar-refractivity contribution in [2.45, 2.75) is 56.4 Å². The molecule has 1 aliphatic carbocycles. The minimum absolute atomic E-state index is 0.0111. The molecule has 1 aromatic rings. The van der Waals surface area contributed by atoms with E-state index in [1.807, 2.05) is 12.1 Å². The van der Waals surface area contributed by atoms with Crippen molar-refractivity contribution in [3.05, 3.63) is 29.8 Å².